The summed E-state index contributed by atoms with van der Waals surface area (Å²) in [5, 5.41) is 8.88. The van der Waals surface area contributed by atoms with Gasteiger partial charge in [-0.3, -0.25) is 5.10 Å². The van der Waals surface area contributed by atoms with Crippen LogP contribution in [-0.4, -0.2) is 25.1 Å². The maximum Gasteiger partial charge on any atom is 0.187 e. The van der Waals surface area contributed by atoms with Crippen molar-refractivity contribution in [3.8, 4) is 11.8 Å². The highest BCUT2D eigenvalue weighted by molar-refractivity contribution is 7.18. The number of H-pyrrole nitrogens is 1. The number of anilines is 1. The highest BCUT2D eigenvalue weighted by atomic mass is 32.1. The number of nitrogens with two attached hydrogens (primary N) is 1. The van der Waals surface area contributed by atoms with E-state index in [0.29, 0.717) is 28.5 Å². The quantitative estimate of drug-likeness (QED) is 0.523. The highest BCUT2D eigenvalue weighted by Gasteiger charge is 2.26. The van der Waals surface area contributed by atoms with Crippen LogP contribution in [0, 0.1) is 11.8 Å². The Morgan fingerprint density at radius 2 is 2.12 bits per heavy atom. The molecule has 0 atom stereocenters. The van der Waals surface area contributed by atoms with Crippen molar-refractivity contribution in [2.24, 2.45) is 0 Å². The van der Waals surface area contributed by atoms with Gasteiger partial charge in [-0.25, -0.2) is 15.0 Å². The Bertz CT molecular complexity index is 1140. The summed E-state index contributed by atoms with van der Waals surface area (Å²) in [4.78, 5) is 12.8. The fourth-order valence-electron chi connectivity index (χ4n) is 2.63. The molecule has 0 radical (unpaired) electrons. The van der Waals surface area contributed by atoms with Crippen molar-refractivity contribution in [1.29, 1.82) is 0 Å². The number of hydrogen-bond acceptors (Lipinski definition) is 6. The Balaban J connectivity index is 1.55. The molecule has 1 saturated carbocycles. The van der Waals surface area contributed by atoms with Gasteiger partial charge in [-0.05, 0) is 37.0 Å². The minimum Gasteiger partial charge on any atom is -0.383 e. The van der Waals surface area contributed by atoms with Gasteiger partial charge in [0.2, 0.25) is 0 Å². The van der Waals surface area contributed by atoms with Crippen LogP contribution in [0.3, 0.4) is 0 Å². The second-order valence-electron chi connectivity index (χ2n) is 5.82. The van der Waals surface area contributed by atoms with E-state index in [-0.39, 0.29) is 0 Å². The predicted octanol–water partition coefficient (Wildman–Crippen LogP) is 2.82. The van der Waals surface area contributed by atoms with Crippen molar-refractivity contribution in [3.63, 3.8) is 0 Å². The van der Waals surface area contributed by atoms with E-state index in [1.54, 1.807) is 11.3 Å². The first-order chi connectivity index (χ1) is 11.8. The molecule has 0 aliphatic heterocycles. The first-order valence-electron chi connectivity index (χ1n) is 7.65. The Kier molecular flexibility index (Phi) is 2.81. The first kappa shape index (κ1) is 13.5. The number of nitrogens with one attached hydrogen (secondary N) is 1. The van der Waals surface area contributed by atoms with E-state index in [1.165, 1.54) is 28.9 Å². The molecule has 5 rings (SSSR count). The van der Waals surface area contributed by atoms with Gasteiger partial charge in [0.05, 0.1) is 20.6 Å². The summed E-state index contributed by atoms with van der Waals surface area (Å²) in [5.74, 6) is 7.28. The SMILES string of the molecule is Nc1ncnc2n[nH]c(C#Cc3ccc4sc(C5CC5)nc4c3)c12. The smallest absolute Gasteiger partial charge is 0.187 e. The van der Waals surface area contributed by atoms with Crippen LogP contribution in [0.2, 0.25) is 0 Å². The fourth-order valence-corrected chi connectivity index (χ4v) is 3.75. The number of hydrogen-bond donors (Lipinski definition) is 2. The zero-order valence-electron chi connectivity index (χ0n) is 12.6. The summed E-state index contributed by atoms with van der Waals surface area (Å²) in [5.41, 5.74) is 8.97. The molecule has 6 nitrogen and oxygen atoms in total. The maximum absolute atomic E-state index is 5.89. The van der Waals surface area contributed by atoms with Crippen LogP contribution in [-0.2, 0) is 0 Å². The fraction of sp³-hybridized carbons (Fsp3) is 0.176. The highest BCUT2D eigenvalue weighted by Crippen LogP contribution is 2.43. The van der Waals surface area contributed by atoms with Crippen molar-refractivity contribution in [2.45, 2.75) is 18.8 Å². The van der Waals surface area contributed by atoms with E-state index in [1.807, 2.05) is 12.1 Å². The van der Waals surface area contributed by atoms with Gasteiger partial charge in [0.15, 0.2) is 5.65 Å². The molecule has 1 aliphatic rings. The summed E-state index contributed by atoms with van der Waals surface area (Å²) < 4.78 is 1.21. The topological polar surface area (TPSA) is 93.4 Å². The molecule has 7 heteroatoms. The van der Waals surface area contributed by atoms with Crippen molar-refractivity contribution < 1.29 is 0 Å². The lowest BCUT2D eigenvalue weighted by Crippen LogP contribution is -1.92. The number of nitrogens with zero attached hydrogens (tertiary/aromatic N) is 4. The van der Waals surface area contributed by atoms with Crippen LogP contribution in [0.5, 0.6) is 0 Å². The Labute approximate surface area is 141 Å². The van der Waals surface area contributed by atoms with E-state index >= 15 is 0 Å². The molecule has 3 aromatic heterocycles. The van der Waals surface area contributed by atoms with Gasteiger partial charge < -0.3 is 5.73 Å². The molecule has 3 heterocycles. The third-order valence-electron chi connectivity index (χ3n) is 4.04. The van der Waals surface area contributed by atoms with Gasteiger partial charge in [-0.2, -0.15) is 5.10 Å². The van der Waals surface area contributed by atoms with Gasteiger partial charge in [-0.15, -0.1) is 11.3 Å². The van der Waals surface area contributed by atoms with E-state index in [4.69, 9.17) is 10.7 Å². The lowest BCUT2D eigenvalue weighted by molar-refractivity contribution is 1.08. The van der Waals surface area contributed by atoms with Crippen molar-refractivity contribution in [2.75, 3.05) is 5.73 Å². The van der Waals surface area contributed by atoms with Crippen molar-refractivity contribution in [1.82, 2.24) is 25.1 Å². The average Bonchev–Trinajstić information content (AvgIpc) is 3.22. The molecule has 0 amide bonds. The molecule has 1 fully saturated rings. The lowest BCUT2D eigenvalue weighted by Gasteiger charge is -1.93. The number of thiazole rings is 1. The number of benzene rings is 1. The summed E-state index contributed by atoms with van der Waals surface area (Å²) in [6, 6.07) is 6.14. The third kappa shape index (κ3) is 2.20. The lowest BCUT2D eigenvalue weighted by atomic mass is 10.2. The predicted molar refractivity (Wildman–Crippen MR) is 93.7 cm³/mol. The zero-order chi connectivity index (χ0) is 16.1. The summed E-state index contributed by atoms with van der Waals surface area (Å²) in [6.45, 7) is 0. The number of nitrogen functional groups attached to an aromatic ring is 1. The molecule has 0 bridgehead atoms. The molecule has 1 aromatic carbocycles. The minimum absolute atomic E-state index is 0.377. The zero-order valence-corrected chi connectivity index (χ0v) is 13.4. The van der Waals surface area contributed by atoms with Gasteiger partial charge in [0, 0.05) is 11.5 Å². The van der Waals surface area contributed by atoms with Crippen LogP contribution < -0.4 is 5.73 Å². The molecule has 0 unspecified atom stereocenters. The molecule has 3 N–H and O–H groups in total. The largest absolute Gasteiger partial charge is 0.383 e. The molecule has 0 saturated heterocycles. The van der Waals surface area contributed by atoms with Gasteiger partial charge >= 0.3 is 0 Å². The number of rotatable bonds is 1. The second-order valence-corrected chi connectivity index (χ2v) is 6.88. The van der Waals surface area contributed by atoms with Crippen LogP contribution >= 0.6 is 11.3 Å². The second kappa shape index (κ2) is 5.01. The molecule has 4 aromatic rings. The number of fused-ring (bicyclic) bond motifs is 2. The summed E-state index contributed by atoms with van der Waals surface area (Å²) >= 11 is 1.79. The molecule has 0 spiro atoms. The van der Waals surface area contributed by atoms with Crippen LogP contribution in [0.15, 0.2) is 24.5 Å². The molecule has 1 aliphatic carbocycles. The van der Waals surface area contributed by atoms with Crippen molar-refractivity contribution >= 4 is 38.4 Å². The standard InChI is InChI=1S/C17H12N6S/c18-15-14-11(22-23-16(14)20-8-19-15)5-1-9-2-6-13-12(7-9)21-17(24-13)10-3-4-10/h2,6-8,10H,3-4H2,(H3,18,19,20,22,23). The third-order valence-corrected chi connectivity index (χ3v) is 5.24. The minimum atomic E-state index is 0.377. The first-order valence-corrected chi connectivity index (χ1v) is 8.46. The number of aromatic nitrogens is 5. The van der Waals surface area contributed by atoms with E-state index in [0.717, 1.165) is 11.1 Å². The van der Waals surface area contributed by atoms with Gasteiger partial charge in [0.1, 0.15) is 17.8 Å². The van der Waals surface area contributed by atoms with Gasteiger partial charge in [-0.1, -0.05) is 5.92 Å². The van der Waals surface area contributed by atoms with E-state index < -0.39 is 0 Å². The maximum atomic E-state index is 5.89. The monoisotopic (exact) mass is 332 g/mol. The molecule has 24 heavy (non-hydrogen) atoms. The molecular formula is C17H12N6S. The summed E-state index contributed by atoms with van der Waals surface area (Å²) in [6.07, 6.45) is 3.93. The van der Waals surface area contributed by atoms with Gasteiger partial charge in [0.25, 0.3) is 0 Å². The van der Waals surface area contributed by atoms with E-state index in [2.05, 4.69) is 38.1 Å². The number of aromatic amines is 1. The Hall–Kier alpha value is -2.98. The van der Waals surface area contributed by atoms with Crippen LogP contribution in [0.4, 0.5) is 5.82 Å². The average molecular weight is 332 g/mol. The Morgan fingerprint density at radius 3 is 3.00 bits per heavy atom. The molecule has 116 valence electrons. The molecular weight excluding hydrogens is 320 g/mol. The van der Waals surface area contributed by atoms with E-state index in [9.17, 15) is 0 Å². The van der Waals surface area contributed by atoms with Crippen LogP contribution in [0.25, 0.3) is 21.3 Å². The van der Waals surface area contributed by atoms with Crippen LogP contribution in [0.1, 0.15) is 35.0 Å². The normalized spacial score (nSPS) is 14.0. The van der Waals surface area contributed by atoms with Crippen molar-refractivity contribution in [3.05, 3.63) is 40.8 Å². The Morgan fingerprint density at radius 1 is 1.21 bits per heavy atom. The summed E-state index contributed by atoms with van der Waals surface area (Å²) in [7, 11) is 0.